The Labute approximate surface area is 111 Å². The first kappa shape index (κ1) is 14.9. The number of benzene rings is 1. The number of nitrogens with one attached hydrogen (secondary N) is 1. The van der Waals surface area contributed by atoms with E-state index in [2.05, 4.69) is 19.2 Å². The Kier molecular flexibility index (Phi) is 7.35. The van der Waals surface area contributed by atoms with Gasteiger partial charge in [0.05, 0.1) is 6.54 Å². The minimum atomic E-state index is 0.188. The molecule has 100 valence electrons. The number of carbonyl (C=O) groups is 1. The van der Waals surface area contributed by atoms with Crippen molar-refractivity contribution in [2.45, 2.75) is 46.0 Å². The third kappa shape index (κ3) is 5.46. The molecule has 18 heavy (non-hydrogen) atoms. The molecule has 0 bridgehead atoms. The van der Waals surface area contributed by atoms with E-state index in [4.69, 9.17) is 0 Å². The molecule has 0 aliphatic heterocycles. The van der Waals surface area contributed by atoms with Crippen LogP contribution in [0.4, 0.5) is 0 Å². The van der Waals surface area contributed by atoms with Crippen molar-refractivity contribution >= 4 is 5.78 Å². The second-order valence-electron chi connectivity index (χ2n) is 4.71. The highest BCUT2D eigenvalue weighted by Crippen LogP contribution is 2.05. The first-order valence-corrected chi connectivity index (χ1v) is 7.10. The fraction of sp³-hybridized carbons (Fsp3) is 0.562. The highest BCUT2D eigenvalue weighted by molar-refractivity contribution is 5.97. The number of ketones is 1. The van der Waals surface area contributed by atoms with E-state index in [-0.39, 0.29) is 5.78 Å². The molecule has 1 aromatic rings. The van der Waals surface area contributed by atoms with Crippen LogP contribution < -0.4 is 5.32 Å². The van der Waals surface area contributed by atoms with Crippen molar-refractivity contribution in [1.29, 1.82) is 0 Å². The van der Waals surface area contributed by atoms with Gasteiger partial charge in [-0.25, -0.2) is 0 Å². The maximum absolute atomic E-state index is 11.9. The van der Waals surface area contributed by atoms with Crippen LogP contribution in [0.1, 0.15) is 55.5 Å². The minimum Gasteiger partial charge on any atom is -0.310 e. The van der Waals surface area contributed by atoms with Gasteiger partial charge >= 0.3 is 0 Å². The molecule has 0 atom stereocenters. The molecule has 0 aliphatic carbocycles. The van der Waals surface area contributed by atoms with Crippen molar-refractivity contribution in [2.75, 3.05) is 13.1 Å². The maximum atomic E-state index is 11.9. The number of hydrogen-bond acceptors (Lipinski definition) is 2. The molecule has 0 unspecified atom stereocenters. The van der Waals surface area contributed by atoms with Gasteiger partial charge in [-0.3, -0.25) is 4.79 Å². The highest BCUT2D eigenvalue weighted by atomic mass is 16.1. The Bertz CT molecular complexity index is 343. The molecule has 1 aromatic carbocycles. The normalized spacial score (nSPS) is 10.6. The molecule has 0 radical (unpaired) electrons. The minimum absolute atomic E-state index is 0.188. The van der Waals surface area contributed by atoms with Crippen molar-refractivity contribution in [3.63, 3.8) is 0 Å². The summed E-state index contributed by atoms with van der Waals surface area (Å²) in [4.78, 5) is 11.9. The molecular weight excluding hydrogens is 222 g/mol. The lowest BCUT2D eigenvalue weighted by atomic mass is 10.1. The quantitative estimate of drug-likeness (QED) is 0.533. The Morgan fingerprint density at radius 1 is 1.06 bits per heavy atom. The fourth-order valence-corrected chi connectivity index (χ4v) is 1.91. The number of Topliss-reactive ketones (excluding diaryl/α,β-unsaturated/α-hetero) is 1. The van der Waals surface area contributed by atoms with Gasteiger partial charge in [0.2, 0.25) is 0 Å². The summed E-state index contributed by atoms with van der Waals surface area (Å²) in [5.41, 5.74) is 2.09. The zero-order valence-corrected chi connectivity index (χ0v) is 11.7. The summed E-state index contributed by atoms with van der Waals surface area (Å²) in [5, 5.41) is 3.22. The third-order valence-electron chi connectivity index (χ3n) is 3.18. The van der Waals surface area contributed by atoms with Gasteiger partial charge in [-0.1, -0.05) is 57.4 Å². The SMILES string of the molecule is CCCCCCNCC(=O)c1ccc(CC)cc1. The van der Waals surface area contributed by atoms with Gasteiger partial charge in [-0.2, -0.15) is 0 Å². The predicted octanol–water partition coefficient (Wildman–Crippen LogP) is 3.60. The molecule has 2 heteroatoms. The molecule has 0 fully saturated rings. The molecule has 0 saturated heterocycles. The van der Waals surface area contributed by atoms with Crippen molar-refractivity contribution in [3.8, 4) is 0 Å². The van der Waals surface area contributed by atoms with Crippen molar-refractivity contribution in [1.82, 2.24) is 5.32 Å². The molecule has 0 saturated carbocycles. The van der Waals surface area contributed by atoms with Crippen LogP contribution in [-0.4, -0.2) is 18.9 Å². The van der Waals surface area contributed by atoms with E-state index in [0.29, 0.717) is 6.54 Å². The molecule has 0 aromatic heterocycles. The molecular formula is C16H25NO. The van der Waals surface area contributed by atoms with Crippen LogP contribution >= 0.6 is 0 Å². The lowest BCUT2D eigenvalue weighted by Crippen LogP contribution is -2.24. The van der Waals surface area contributed by atoms with E-state index in [1.54, 1.807) is 0 Å². The number of rotatable bonds is 9. The van der Waals surface area contributed by atoms with Crippen LogP contribution in [-0.2, 0) is 6.42 Å². The zero-order valence-electron chi connectivity index (χ0n) is 11.7. The molecule has 0 spiro atoms. The Morgan fingerprint density at radius 3 is 2.39 bits per heavy atom. The third-order valence-corrected chi connectivity index (χ3v) is 3.18. The first-order chi connectivity index (χ1) is 8.77. The lowest BCUT2D eigenvalue weighted by Gasteiger charge is -2.05. The van der Waals surface area contributed by atoms with Crippen LogP contribution in [0.5, 0.6) is 0 Å². The summed E-state index contributed by atoms with van der Waals surface area (Å²) < 4.78 is 0. The largest absolute Gasteiger partial charge is 0.310 e. The molecule has 0 aliphatic rings. The summed E-state index contributed by atoms with van der Waals surface area (Å²) in [7, 11) is 0. The maximum Gasteiger partial charge on any atom is 0.176 e. The van der Waals surface area contributed by atoms with Crippen molar-refractivity contribution < 1.29 is 4.79 Å². The number of aryl methyl sites for hydroxylation is 1. The fourth-order valence-electron chi connectivity index (χ4n) is 1.91. The van der Waals surface area contributed by atoms with Crippen molar-refractivity contribution in [2.24, 2.45) is 0 Å². The second-order valence-corrected chi connectivity index (χ2v) is 4.71. The topological polar surface area (TPSA) is 29.1 Å². The summed E-state index contributed by atoms with van der Waals surface area (Å²) in [5.74, 6) is 0.188. The Balaban J connectivity index is 2.23. The predicted molar refractivity (Wildman–Crippen MR) is 77.2 cm³/mol. The van der Waals surface area contributed by atoms with E-state index < -0.39 is 0 Å². The van der Waals surface area contributed by atoms with Crippen LogP contribution in [0, 0.1) is 0 Å². The van der Waals surface area contributed by atoms with Gasteiger partial charge in [0, 0.05) is 5.56 Å². The average Bonchev–Trinajstić information content (AvgIpc) is 2.42. The van der Waals surface area contributed by atoms with Gasteiger partial charge in [0.15, 0.2) is 5.78 Å². The van der Waals surface area contributed by atoms with Crippen molar-refractivity contribution in [3.05, 3.63) is 35.4 Å². The summed E-state index contributed by atoms with van der Waals surface area (Å²) in [6, 6.07) is 7.93. The van der Waals surface area contributed by atoms with E-state index in [0.717, 1.165) is 24.9 Å². The standard InChI is InChI=1S/C16H25NO/c1-3-5-6-7-12-17-13-16(18)15-10-8-14(4-2)9-11-15/h8-11,17H,3-7,12-13H2,1-2H3. The van der Waals surface area contributed by atoms with E-state index >= 15 is 0 Å². The smallest absolute Gasteiger partial charge is 0.176 e. The van der Waals surface area contributed by atoms with Crippen LogP contribution in [0.2, 0.25) is 0 Å². The number of carbonyl (C=O) groups excluding carboxylic acids is 1. The highest BCUT2D eigenvalue weighted by Gasteiger charge is 2.04. The van der Waals surface area contributed by atoms with Gasteiger partial charge < -0.3 is 5.32 Å². The number of hydrogen-bond donors (Lipinski definition) is 1. The molecule has 2 nitrogen and oxygen atoms in total. The molecule has 0 heterocycles. The second kappa shape index (κ2) is 8.87. The van der Waals surface area contributed by atoms with Gasteiger partial charge in [0.1, 0.15) is 0 Å². The van der Waals surface area contributed by atoms with Crippen LogP contribution in [0.15, 0.2) is 24.3 Å². The van der Waals surface area contributed by atoms with Crippen LogP contribution in [0.3, 0.4) is 0 Å². The molecule has 1 rings (SSSR count). The van der Waals surface area contributed by atoms with Gasteiger partial charge in [-0.05, 0) is 24.9 Å². The van der Waals surface area contributed by atoms with Gasteiger partial charge in [0.25, 0.3) is 0 Å². The monoisotopic (exact) mass is 247 g/mol. The summed E-state index contributed by atoms with van der Waals surface area (Å²) >= 11 is 0. The lowest BCUT2D eigenvalue weighted by molar-refractivity contribution is 0.0991. The number of unbranched alkanes of at least 4 members (excludes halogenated alkanes) is 3. The van der Waals surface area contributed by atoms with E-state index in [9.17, 15) is 4.79 Å². The zero-order chi connectivity index (χ0) is 13.2. The molecule has 0 amide bonds. The Hall–Kier alpha value is -1.15. The van der Waals surface area contributed by atoms with E-state index in [1.165, 1.54) is 24.8 Å². The van der Waals surface area contributed by atoms with Crippen LogP contribution in [0.25, 0.3) is 0 Å². The summed E-state index contributed by atoms with van der Waals surface area (Å²) in [6.07, 6.45) is 5.97. The Morgan fingerprint density at radius 2 is 1.78 bits per heavy atom. The first-order valence-electron chi connectivity index (χ1n) is 7.10. The average molecular weight is 247 g/mol. The summed E-state index contributed by atoms with van der Waals surface area (Å²) in [6.45, 7) is 5.72. The van der Waals surface area contributed by atoms with Gasteiger partial charge in [-0.15, -0.1) is 0 Å². The van der Waals surface area contributed by atoms with E-state index in [1.807, 2.05) is 24.3 Å². The molecule has 1 N–H and O–H groups in total.